The number of ketones is 1. The molecule has 1 heterocycles. The lowest BCUT2D eigenvalue weighted by atomic mass is 9.81. The fourth-order valence-corrected chi connectivity index (χ4v) is 15.4. The van der Waals surface area contributed by atoms with Crippen molar-refractivity contribution in [2.75, 3.05) is 19.8 Å². The Bertz CT molecular complexity index is 3200. The second-order valence-electron chi connectivity index (χ2n) is 26.9. The molecule has 4 aliphatic rings. The van der Waals surface area contributed by atoms with Gasteiger partial charge in [0.1, 0.15) is 34.4 Å². The Morgan fingerprint density at radius 2 is 1.07 bits per heavy atom. The number of unbranched alkanes of at least 4 members (excludes halogenated alkanes) is 9. The minimum absolute atomic E-state index is 0. The van der Waals surface area contributed by atoms with Gasteiger partial charge in [0.2, 0.25) is 0 Å². The van der Waals surface area contributed by atoms with E-state index in [1.165, 1.54) is 159 Å². The Morgan fingerprint density at radius 1 is 0.570 bits per heavy atom. The summed E-state index contributed by atoms with van der Waals surface area (Å²) in [4.78, 5) is 44.2. The Labute approximate surface area is 646 Å². The highest BCUT2D eigenvalue weighted by Crippen LogP contribution is 2.41. The van der Waals surface area contributed by atoms with Crippen LogP contribution in [0.4, 0.5) is 0 Å². The molecular weight excluding hydrogens is 1610 g/mol. The molecule has 4 saturated carbocycles. The number of phenols is 1. The van der Waals surface area contributed by atoms with E-state index >= 15 is 0 Å². The number of aryl methyl sites for hydroxylation is 3. The average Bonchev–Trinajstić information content (AvgIpc) is 0.859. The van der Waals surface area contributed by atoms with Crippen LogP contribution in [0.3, 0.4) is 0 Å². The van der Waals surface area contributed by atoms with Crippen molar-refractivity contribution in [2.45, 2.75) is 287 Å². The summed E-state index contributed by atoms with van der Waals surface area (Å²) >= 11 is 11.4. The number of fused-ring (bicyclic) bond motifs is 1. The molecule has 558 valence electrons. The number of hydrogen-bond acceptors (Lipinski definition) is 9. The molecule has 10 rings (SSSR count). The van der Waals surface area contributed by atoms with Crippen molar-refractivity contribution in [3.05, 3.63) is 146 Å². The largest absolute Gasteiger partial charge is 0.508 e. The summed E-state index contributed by atoms with van der Waals surface area (Å²) in [7, 11) is 0. The van der Waals surface area contributed by atoms with Gasteiger partial charge in [-0.3, -0.25) is 9.59 Å². The van der Waals surface area contributed by atoms with Gasteiger partial charge in [0, 0.05) is 42.6 Å². The lowest BCUT2D eigenvalue weighted by Gasteiger charge is -2.24. The molecule has 1 aromatic heterocycles. The van der Waals surface area contributed by atoms with E-state index in [4.69, 9.17) is 33.9 Å². The Hall–Kier alpha value is -4.66. The third-order valence-corrected chi connectivity index (χ3v) is 21.1. The number of carbonyl (C=O) groups is 4. The first-order chi connectivity index (χ1) is 46.7. The molecule has 4 fully saturated rings. The Balaban J connectivity index is 0.000000485. The number of furan rings is 1. The molecule has 4 aliphatic carbocycles. The van der Waals surface area contributed by atoms with Gasteiger partial charge in [-0.2, -0.15) is 0 Å². The van der Waals surface area contributed by atoms with Crippen LogP contribution in [0, 0.1) is 26.9 Å². The Kier molecular flexibility index (Phi) is 47.8. The zero-order valence-corrected chi connectivity index (χ0v) is 66.0. The van der Waals surface area contributed by atoms with E-state index in [9.17, 15) is 24.3 Å². The molecule has 12 nitrogen and oxygen atoms in total. The normalized spacial score (nSPS) is 13.7. The van der Waals surface area contributed by atoms with Crippen LogP contribution in [0.15, 0.2) is 98.5 Å². The molecule has 100 heavy (non-hydrogen) atoms. The van der Waals surface area contributed by atoms with Gasteiger partial charge in [0.05, 0.1) is 29.0 Å². The molecule has 0 bridgehead atoms. The van der Waals surface area contributed by atoms with Gasteiger partial charge in [0.15, 0.2) is 13.2 Å². The summed E-state index contributed by atoms with van der Waals surface area (Å²) in [5.41, 5.74) is 9.76. The van der Waals surface area contributed by atoms with E-state index in [0.29, 0.717) is 35.4 Å². The average molecular weight is 1740 g/mol. The maximum Gasteiger partial charge on any atom is 0.341 e. The quantitative estimate of drug-likeness (QED) is 0.0231. The first-order valence-corrected chi connectivity index (χ1v) is 39.9. The zero-order valence-electron chi connectivity index (χ0n) is 58.5. The van der Waals surface area contributed by atoms with Crippen molar-refractivity contribution in [2.24, 2.45) is 5.92 Å². The molecule has 4 N–H and O–H groups in total. The van der Waals surface area contributed by atoms with Crippen LogP contribution in [-0.2, 0) is 32.0 Å². The molecule has 5 aromatic carbocycles. The van der Waals surface area contributed by atoms with Crippen LogP contribution in [0.2, 0.25) is 0 Å². The number of benzene rings is 5. The number of carboxylic acid groups (broad SMARTS) is 3. The number of rotatable bonds is 32. The number of aliphatic carboxylic acids is 3. The molecule has 0 amide bonds. The van der Waals surface area contributed by atoms with Gasteiger partial charge in [0.25, 0.3) is 0 Å². The third-order valence-electron chi connectivity index (χ3n) is 18.3. The predicted molar refractivity (Wildman–Crippen MR) is 438 cm³/mol. The standard InChI is InChI=1S/C36H54O5.C17H12I2O4.C16H20Br2O3.3C4H8.3CH4/c1-6-7-14-17-30(37)18-15-12-10-8-9-11-13-16-19-32(29-20-21-34(38)33(24-29)26(2)3)36-27(4)22-31(23-28(36)5)41-25-35(39)40;18-13-6-10(7-14(19)17(13)23-9-16(20)21)5-11-8-22-15-4-2-1-3-12(11)15;17-13-8-12(6-7-15(19)20)9-14(18)16(13)21-10-11-4-2-1-3-5-11;3*1-2-4-3-1;;;/h20-24,26,32,38H,6-19,25H2,1-5H3,(H,39,40);1-4,6-8H,5,9H2,(H,20,21);8-9,11H,1-7,10H2,(H,19,20);3*1-4H2;3*1H4. The summed E-state index contributed by atoms with van der Waals surface area (Å²) < 4.78 is 26.0. The van der Waals surface area contributed by atoms with E-state index in [1.807, 2.05) is 66.7 Å². The predicted octanol–water partition coefficient (Wildman–Crippen LogP) is 26.3. The zero-order chi connectivity index (χ0) is 70.3. The molecular formula is C84H122Br2I2O12. The van der Waals surface area contributed by atoms with E-state index in [1.54, 1.807) is 6.26 Å². The summed E-state index contributed by atoms with van der Waals surface area (Å²) in [6.07, 6.45) is 43.0. The number of carboxylic acids is 3. The first-order valence-electron chi connectivity index (χ1n) is 36.1. The van der Waals surface area contributed by atoms with Crippen molar-refractivity contribution < 1.29 is 58.2 Å². The summed E-state index contributed by atoms with van der Waals surface area (Å²) in [6, 6.07) is 25.8. The number of carbonyl (C=O) groups excluding carboxylic acids is 1. The molecule has 0 radical (unpaired) electrons. The molecule has 0 aliphatic heterocycles. The number of hydrogen-bond donors (Lipinski definition) is 4. The number of Topliss-reactive ketones (excluding diaryl/α,β-unsaturated/α-hetero) is 1. The number of para-hydroxylation sites is 1. The van der Waals surface area contributed by atoms with Gasteiger partial charge in [-0.25, -0.2) is 9.59 Å². The van der Waals surface area contributed by atoms with E-state index in [-0.39, 0.29) is 53.8 Å². The lowest BCUT2D eigenvalue weighted by molar-refractivity contribution is -0.140. The monoisotopic (exact) mass is 1730 g/mol. The Morgan fingerprint density at radius 3 is 1.58 bits per heavy atom. The highest BCUT2D eigenvalue weighted by molar-refractivity contribution is 14.1. The SMILES string of the molecule is C.C.C.C1CCC1.C1CCC1.C1CCC1.CCCCCC(=O)CCCCCCCCCCC(c1ccc(O)c(C(C)C)c1)c1c(C)cc(OCC(=O)O)cc1C.O=C(O)CCc1cc(Br)c(OCC2CCCCC2)c(Br)c1.O=C(O)COc1c(I)cc(Cc2coc3ccccc23)cc1I. The van der Waals surface area contributed by atoms with Gasteiger partial charge < -0.3 is 39.1 Å². The number of aromatic hydroxyl groups is 1. The molecule has 0 saturated heterocycles. The number of ether oxygens (including phenoxy) is 3. The highest BCUT2D eigenvalue weighted by Gasteiger charge is 2.23. The lowest BCUT2D eigenvalue weighted by Crippen LogP contribution is -2.15. The van der Waals surface area contributed by atoms with Crippen molar-refractivity contribution in [1.82, 2.24) is 0 Å². The van der Waals surface area contributed by atoms with Crippen LogP contribution < -0.4 is 14.2 Å². The van der Waals surface area contributed by atoms with Gasteiger partial charge in [-0.15, -0.1) is 0 Å². The van der Waals surface area contributed by atoms with Gasteiger partial charge >= 0.3 is 17.9 Å². The van der Waals surface area contributed by atoms with Gasteiger partial charge in [-0.1, -0.05) is 227 Å². The van der Waals surface area contributed by atoms with Crippen molar-refractivity contribution >= 4 is 112 Å². The maximum absolute atomic E-state index is 11.9. The van der Waals surface area contributed by atoms with Crippen molar-refractivity contribution in [3.8, 4) is 23.0 Å². The van der Waals surface area contributed by atoms with Crippen LogP contribution in [0.1, 0.15) is 305 Å². The number of phenolic OH excluding ortho intramolecular Hbond substituents is 1. The summed E-state index contributed by atoms with van der Waals surface area (Å²) in [5, 5.41) is 38.1. The van der Waals surface area contributed by atoms with E-state index in [0.717, 1.165) is 131 Å². The maximum atomic E-state index is 11.9. The second kappa shape index (κ2) is 52.3. The smallest absolute Gasteiger partial charge is 0.341 e. The number of halogens is 4. The molecule has 1 atom stereocenters. The van der Waals surface area contributed by atoms with Crippen LogP contribution in [0.25, 0.3) is 11.0 Å². The summed E-state index contributed by atoms with van der Waals surface area (Å²) in [5.74, 6) is 1.13. The first kappa shape index (κ1) is 91.4. The third kappa shape index (κ3) is 35.2. The molecule has 1 unspecified atom stereocenters. The molecule has 6 aromatic rings. The highest BCUT2D eigenvalue weighted by atomic mass is 127. The summed E-state index contributed by atoms with van der Waals surface area (Å²) in [6.45, 7) is 10.6. The second-order valence-corrected chi connectivity index (χ2v) is 30.9. The minimum atomic E-state index is -0.986. The van der Waals surface area contributed by atoms with E-state index < -0.39 is 17.9 Å². The fourth-order valence-electron chi connectivity index (χ4n) is 11.7. The van der Waals surface area contributed by atoms with Crippen molar-refractivity contribution in [1.29, 1.82) is 0 Å². The van der Waals surface area contributed by atoms with Crippen LogP contribution in [0.5, 0.6) is 23.0 Å². The van der Waals surface area contributed by atoms with Crippen molar-refractivity contribution in [3.63, 3.8) is 0 Å². The molecule has 0 spiro atoms. The molecule has 16 heteroatoms. The fraction of sp³-hybridized carbons (Fsp3) is 0.571. The van der Waals surface area contributed by atoms with E-state index in [2.05, 4.69) is 124 Å². The van der Waals surface area contributed by atoms with Crippen LogP contribution >= 0.6 is 77.0 Å². The van der Waals surface area contributed by atoms with Crippen LogP contribution in [-0.4, -0.2) is 63.9 Å². The van der Waals surface area contributed by atoms with Gasteiger partial charge in [-0.05, 0) is 229 Å². The topological polar surface area (TPSA) is 190 Å². The minimum Gasteiger partial charge on any atom is -0.508 e.